The van der Waals surface area contributed by atoms with Gasteiger partial charge in [0.15, 0.2) is 0 Å². The van der Waals surface area contributed by atoms with Gasteiger partial charge < -0.3 is 10.6 Å². The molecule has 5 heteroatoms. The molecule has 2 aromatic rings. The van der Waals surface area contributed by atoms with Gasteiger partial charge in [-0.1, -0.05) is 34.1 Å². The fourth-order valence-corrected chi connectivity index (χ4v) is 3.16. The molecule has 0 saturated carbocycles. The summed E-state index contributed by atoms with van der Waals surface area (Å²) in [5.41, 5.74) is 3.26. The molecule has 2 N–H and O–H groups in total. The van der Waals surface area contributed by atoms with Crippen molar-refractivity contribution in [1.29, 1.82) is 0 Å². The van der Waals surface area contributed by atoms with E-state index in [-0.39, 0.29) is 6.04 Å². The summed E-state index contributed by atoms with van der Waals surface area (Å²) in [7, 11) is 0. The third kappa shape index (κ3) is 1.67. The molecular formula is C15H11BrN4. The second-order valence-electron chi connectivity index (χ2n) is 4.68. The Bertz CT molecular complexity index is 792. The van der Waals surface area contributed by atoms with E-state index in [1.807, 2.05) is 6.20 Å². The van der Waals surface area contributed by atoms with E-state index in [0.29, 0.717) is 0 Å². The van der Waals surface area contributed by atoms with E-state index in [9.17, 15) is 0 Å². The van der Waals surface area contributed by atoms with E-state index in [1.54, 1.807) is 12.7 Å². The van der Waals surface area contributed by atoms with Gasteiger partial charge in [0.05, 0.1) is 18.4 Å². The summed E-state index contributed by atoms with van der Waals surface area (Å²) in [5.74, 6) is 0. The van der Waals surface area contributed by atoms with Gasteiger partial charge in [-0.15, -0.1) is 0 Å². The van der Waals surface area contributed by atoms with Gasteiger partial charge in [-0.25, -0.2) is 4.99 Å². The van der Waals surface area contributed by atoms with Crippen LogP contribution in [0.15, 0.2) is 51.0 Å². The summed E-state index contributed by atoms with van der Waals surface area (Å²) in [4.78, 5) is 8.93. The Labute approximate surface area is 124 Å². The molecule has 2 heterocycles. The minimum Gasteiger partial charge on any atom is -0.352 e. The van der Waals surface area contributed by atoms with Crippen LogP contribution >= 0.6 is 15.9 Å². The largest absolute Gasteiger partial charge is 0.352 e. The minimum absolute atomic E-state index is 0.00791. The number of anilines is 1. The second kappa shape index (κ2) is 4.45. The number of hydrogen-bond donors (Lipinski definition) is 2. The molecule has 0 aliphatic carbocycles. The zero-order valence-electron chi connectivity index (χ0n) is 10.5. The number of nitrogens with one attached hydrogen (secondary N) is 2. The first-order valence-corrected chi connectivity index (χ1v) is 7.12. The molecule has 0 spiro atoms. The smallest absolute Gasteiger partial charge is 0.110 e. The fourth-order valence-electron chi connectivity index (χ4n) is 2.66. The molecule has 4 rings (SSSR count). The molecule has 0 saturated heterocycles. The first-order valence-electron chi connectivity index (χ1n) is 6.32. The highest BCUT2D eigenvalue weighted by atomic mass is 79.9. The highest BCUT2D eigenvalue weighted by Gasteiger charge is 2.20. The Morgan fingerprint density at radius 3 is 2.95 bits per heavy atom. The van der Waals surface area contributed by atoms with Crippen LogP contribution < -0.4 is 10.6 Å². The van der Waals surface area contributed by atoms with E-state index in [2.05, 4.69) is 66.9 Å². The molecule has 0 radical (unpaired) electrons. The number of hydrogen-bond acceptors (Lipinski definition) is 4. The third-order valence-corrected chi connectivity index (χ3v) is 4.21. The van der Waals surface area contributed by atoms with Gasteiger partial charge >= 0.3 is 0 Å². The molecule has 0 aromatic heterocycles. The van der Waals surface area contributed by atoms with Crippen molar-refractivity contribution in [2.75, 3.05) is 5.32 Å². The number of rotatable bonds is 1. The van der Waals surface area contributed by atoms with Crippen LogP contribution in [0.4, 0.5) is 11.4 Å². The maximum absolute atomic E-state index is 4.52. The van der Waals surface area contributed by atoms with Gasteiger partial charge in [0.1, 0.15) is 6.04 Å². The molecule has 2 aromatic carbocycles. The Hall–Kier alpha value is -2.14. The molecule has 0 bridgehead atoms. The summed E-state index contributed by atoms with van der Waals surface area (Å²) >= 11 is 3.58. The summed E-state index contributed by atoms with van der Waals surface area (Å²) in [6.45, 7) is 0. The van der Waals surface area contributed by atoms with Crippen molar-refractivity contribution in [1.82, 2.24) is 5.32 Å². The molecule has 0 amide bonds. The third-order valence-electron chi connectivity index (χ3n) is 3.55. The highest BCUT2D eigenvalue weighted by Crippen LogP contribution is 2.41. The average Bonchev–Trinajstić information content (AvgIpc) is 2.49. The summed E-state index contributed by atoms with van der Waals surface area (Å²) in [5, 5.41) is 8.52. The average molecular weight is 327 g/mol. The van der Waals surface area contributed by atoms with Crippen molar-refractivity contribution in [2.24, 2.45) is 9.98 Å². The molecule has 4 nitrogen and oxygen atoms in total. The molecule has 20 heavy (non-hydrogen) atoms. The maximum Gasteiger partial charge on any atom is 0.110 e. The first kappa shape index (κ1) is 11.7. The lowest BCUT2D eigenvalue weighted by Gasteiger charge is -2.21. The van der Waals surface area contributed by atoms with Gasteiger partial charge in [-0.05, 0) is 23.1 Å². The van der Waals surface area contributed by atoms with Crippen LogP contribution in [0.2, 0.25) is 0 Å². The predicted molar refractivity (Wildman–Crippen MR) is 87.1 cm³/mol. The Balaban J connectivity index is 2.01. The summed E-state index contributed by atoms with van der Waals surface area (Å²) < 4.78 is 1.02. The standard InChI is InChI=1S/C15H11BrN4/c16-11-6-17-7-20-15(11)10-4-5-13-14-9(10)2-1-3-12(14)18-8-19-13/h1-8,15H,(H,17,20)(H,18,19). The van der Waals surface area contributed by atoms with Crippen LogP contribution in [0.25, 0.3) is 10.8 Å². The molecule has 1 unspecified atom stereocenters. The molecule has 1 atom stereocenters. The lowest BCUT2D eigenvalue weighted by atomic mass is 9.96. The van der Waals surface area contributed by atoms with Gasteiger partial charge in [0.2, 0.25) is 0 Å². The van der Waals surface area contributed by atoms with E-state index in [4.69, 9.17) is 0 Å². The lowest BCUT2D eigenvalue weighted by molar-refractivity contribution is 0.881. The van der Waals surface area contributed by atoms with Crippen LogP contribution in [0.5, 0.6) is 0 Å². The first-order chi connectivity index (χ1) is 9.84. The summed E-state index contributed by atoms with van der Waals surface area (Å²) in [6, 6.07) is 10.4. The van der Waals surface area contributed by atoms with Crippen LogP contribution in [-0.4, -0.2) is 12.7 Å². The second-order valence-corrected chi connectivity index (χ2v) is 5.60. The van der Waals surface area contributed by atoms with Crippen molar-refractivity contribution < 1.29 is 0 Å². The molecule has 2 aliphatic rings. The lowest BCUT2D eigenvalue weighted by Crippen LogP contribution is -2.12. The Kier molecular flexibility index (Phi) is 2.60. The fraction of sp³-hybridized carbons (Fsp3) is 0.0667. The Morgan fingerprint density at radius 1 is 1.10 bits per heavy atom. The molecular weight excluding hydrogens is 316 g/mol. The van der Waals surface area contributed by atoms with Crippen LogP contribution in [-0.2, 0) is 0 Å². The maximum atomic E-state index is 4.52. The van der Waals surface area contributed by atoms with Crippen LogP contribution in [0, 0.1) is 0 Å². The quantitative estimate of drug-likeness (QED) is 0.836. The van der Waals surface area contributed by atoms with Crippen molar-refractivity contribution in [3.63, 3.8) is 0 Å². The SMILES string of the molecule is BrC1=CNC=NC1c1ccc2c3c(cccc13)NC=N2. The van der Waals surface area contributed by atoms with Crippen molar-refractivity contribution in [3.8, 4) is 0 Å². The van der Waals surface area contributed by atoms with E-state index < -0.39 is 0 Å². The normalized spacial score (nSPS) is 19.4. The summed E-state index contributed by atoms with van der Waals surface area (Å²) in [6.07, 6.45) is 5.38. The topological polar surface area (TPSA) is 48.8 Å². The number of halogens is 1. The van der Waals surface area contributed by atoms with Crippen molar-refractivity contribution in [2.45, 2.75) is 6.04 Å². The van der Waals surface area contributed by atoms with Crippen LogP contribution in [0.1, 0.15) is 11.6 Å². The van der Waals surface area contributed by atoms with E-state index >= 15 is 0 Å². The van der Waals surface area contributed by atoms with Crippen molar-refractivity contribution >= 4 is 50.8 Å². The monoisotopic (exact) mass is 326 g/mol. The van der Waals surface area contributed by atoms with Crippen molar-refractivity contribution in [3.05, 3.63) is 46.6 Å². The molecule has 2 aliphatic heterocycles. The number of aliphatic imine (C=N–C) groups is 2. The van der Waals surface area contributed by atoms with E-state index in [0.717, 1.165) is 21.2 Å². The Morgan fingerprint density at radius 2 is 2.05 bits per heavy atom. The van der Waals surface area contributed by atoms with E-state index in [1.165, 1.54) is 10.9 Å². The number of benzene rings is 2. The molecule has 98 valence electrons. The molecule has 0 fully saturated rings. The minimum atomic E-state index is -0.00791. The zero-order valence-corrected chi connectivity index (χ0v) is 12.1. The van der Waals surface area contributed by atoms with Crippen LogP contribution in [0.3, 0.4) is 0 Å². The van der Waals surface area contributed by atoms with Gasteiger partial charge in [0.25, 0.3) is 0 Å². The van der Waals surface area contributed by atoms with Gasteiger partial charge in [-0.3, -0.25) is 4.99 Å². The number of nitrogens with zero attached hydrogens (tertiary/aromatic N) is 2. The van der Waals surface area contributed by atoms with Gasteiger partial charge in [-0.2, -0.15) is 0 Å². The highest BCUT2D eigenvalue weighted by molar-refractivity contribution is 9.11. The predicted octanol–water partition coefficient (Wildman–Crippen LogP) is 3.83. The van der Waals surface area contributed by atoms with Gasteiger partial charge in [0, 0.05) is 21.8 Å². The zero-order chi connectivity index (χ0) is 13.5.